The van der Waals surface area contributed by atoms with Crippen LogP contribution >= 0.6 is 23.7 Å². The molecule has 1 N–H and O–H groups in total. The quantitative estimate of drug-likeness (QED) is 0.833. The summed E-state index contributed by atoms with van der Waals surface area (Å²) in [5.41, 5.74) is 1.80. The van der Waals surface area contributed by atoms with E-state index in [-0.39, 0.29) is 29.8 Å². The van der Waals surface area contributed by atoms with E-state index in [1.165, 1.54) is 11.3 Å². The minimum atomic E-state index is -0.0561. The monoisotopic (exact) mass is 409 g/mol. The van der Waals surface area contributed by atoms with Crippen molar-refractivity contribution in [2.45, 2.75) is 39.2 Å². The summed E-state index contributed by atoms with van der Waals surface area (Å²) < 4.78 is 5.53. The molecule has 1 aromatic carbocycles. The number of hydrogen-bond acceptors (Lipinski definition) is 5. The third-order valence-corrected chi connectivity index (χ3v) is 6.21. The van der Waals surface area contributed by atoms with Crippen LogP contribution < -0.4 is 10.1 Å². The average Bonchev–Trinajstić information content (AvgIpc) is 3.03. The number of methoxy groups -OCH3 is 1. The number of thiazole rings is 1. The topological polar surface area (TPSA) is 54.5 Å². The number of aryl methyl sites for hydroxylation is 1. The molecule has 0 saturated carbocycles. The van der Waals surface area contributed by atoms with Crippen LogP contribution in [0.3, 0.4) is 0 Å². The van der Waals surface area contributed by atoms with E-state index < -0.39 is 0 Å². The molecule has 7 heteroatoms. The highest BCUT2D eigenvalue weighted by Crippen LogP contribution is 2.34. The molecule has 27 heavy (non-hydrogen) atoms. The van der Waals surface area contributed by atoms with Gasteiger partial charge in [0.1, 0.15) is 10.6 Å². The van der Waals surface area contributed by atoms with Gasteiger partial charge in [0, 0.05) is 30.6 Å². The highest BCUT2D eigenvalue weighted by atomic mass is 35.5. The lowest BCUT2D eigenvalue weighted by atomic mass is 9.98. The van der Waals surface area contributed by atoms with Gasteiger partial charge in [0.05, 0.1) is 23.9 Å². The number of halogens is 1. The van der Waals surface area contributed by atoms with Crippen LogP contribution in [0.25, 0.3) is 0 Å². The fraction of sp³-hybridized carbons (Fsp3) is 0.500. The number of nitrogens with zero attached hydrogens (tertiary/aromatic N) is 2. The number of para-hydroxylation sites is 1. The van der Waals surface area contributed by atoms with Gasteiger partial charge >= 0.3 is 0 Å². The Morgan fingerprint density at radius 1 is 1.33 bits per heavy atom. The summed E-state index contributed by atoms with van der Waals surface area (Å²) in [6.07, 6.45) is 0. The highest BCUT2D eigenvalue weighted by molar-refractivity contribution is 7.14. The smallest absolute Gasteiger partial charge is 0.266 e. The van der Waals surface area contributed by atoms with Crippen molar-refractivity contribution in [1.82, 2.24) is 15.2 Å². The zero-order chi connectivity index (χ0) is 18.9. The zero-order valence-corrected chi connectivity index (χ0v) is 18.2. The van der Waals surface area contributed by atoms with Gasteiger partial charge in [-0.2, -0.15) is 0 Å². The van der Waals surface area contributed by atoms with Gasteiger partial charge in [-0.25, -0.2) is 4.98 Å². The van der Waals surface area contributed by atoms with E-state index in [0.717, 1.165) is 40.0 Å². The van der Waals surface area contributed by atoms with Gasteiger partial charge in [-0.05, 0) is 13.0 Å². The lowest BCUT2D eigenvalue weighted by molar-refractivity contribution is 0.0635. The number of aromatic nitrogens is 1. The minimum Gasteiger partial charge on any atom is -0.496 e. The molecule has 3 rings (SSSR count). The fourth-order valence-corrected chi connectivity index (χ4v) is 4.29. The SMILES string of the molecule is COc1ccccc1C1CNCCN1C(=O)c1sc(C(C)(C)C)nc1C.Cl. The Morgan fingerprint density at radius 3 is 2.67 bits per heavy atom. The third-order valence-electron chi connectivity index (χ3n) is 4.63. The molecule has 1 fully saturated rings. The summed E-state index contributed by atoms with van der Waals surface area (Å²) in [4.78, 5) is 20.7. The molecule has 0 spiro atoms. The standard InChI is InChI=1S/C20H27N3O2S.ClH/c1-13-17(26-19(22-13)20(2,3)4)18(24)23-11-10-21-12-15(23)14-8-6-7-9-16(14)25-5;/h6-9,15,21H,10-12H2,1-5H3;1H. The second-order valence-electron chi connectivity index (χ2n) is 7.64. The first-order valence-corrected chi connectivity index (χ1v) is 9.77. The molecule has 1 aromatic heterocycles. The van der Waals surface area contributed by atoms with Crippen LogP contribution in [0.15, 0.2) is 24.3 Å². The highest BCUT2D eigenvalue weighted by Gasteiger charge is 2.33. The second-order valence-corrected chi connectivity index (χ2v) is 8.64. The molecule has 1 aliphatic rings. The summed E-state index contributed by atoms with van der Waals surface area (Å²) >= 11 is 1.52. The molecule has 148 valence electrons. The molecule has 1 saturated heterocycles. The van der Waals surface area contributed by atoms with Gasteiger partial charge in [-0.15, -0.1) is 23.7 Å². The number of rotatable bonds is 3. The van der Waals surface area contributed by atoms with Gasteiger partial charge in [0.15, 0.2) is 0 Å². The lowest BCUT2D eigenvalue weighted by Crippen LogP contribution is -2.48. The molecule has 1 aliphatic heterocycles. The summed E-state index contributed by atoms with van der Waals surface area (Å²) in [5, 5.41) is 4.41. The molecule has 2 aromatic rings. The van der Waals surface area contributed by atoms with E-state index in [2.05, 4.69) is 31.1 Å². The molecule has 1 amide bonds. The Bertz CT molecular complexity index is 801. The van der Waals surface area contributed by atoms with Crippen LogP contribution in [0.4, 0.5) is 0 Å². The number of benzene rings is 1. The van der Waals surface area contributed by atoms with Crippen LogP contribution in [0.5, 0.6) is 5.75 Å². The van der Waals surface area contributed by atoms with E-state index in [1.807, 2.05) is 36.1 Å². The number of ether oxygens (including phenoxy) is 1. The van der Waals surface area contributed by atoms with E-state index >= 15 is 0 Å². The minimum absolute atomic E-state index is 0. The fourth-order valence-electron chi connectivity index (χ4n) is 3.21. The van der Waals surface area contributed by atoms with Gasteiger partial charge in [0.2, 0.25) is 0 Å². The number of carbonyl (C=O) groups excluding carboxylic acids is 1. The Kier molecular flexibility index (Phi) is 6.89. The molecule has 0 aliphatic carbocycles. The Hall–Kier alpha value is -1.63. The van der Waals surface area contributed by atoms with E-state index in [4.69, 9.17) is 4.74 Å². The second kappa shape index (κ2) is 8.59. The van der Waals surface area contributed by atoms with Crippen molar-refractivity contribution >= 4 is 29.7 Å². The predicted octanol–water partition coefficient (Wildman–Crippen LogP) is 3.97. The number of nitrogens with one attached hydrogen (secondary N) is 1. The van der Waals surface area contributed by atoms with Crippen molar-refractivity contribution in [3.05, 3.63) is 45.4 Å². The number of piperazine rings is 1. The van der Waals surface area contributed by atoms with Crippen molar-refractivity contribution in [1.29, 1.82) is 0 Å². The number of hydrogen-bond donors (Lipinski definition) is 1. The normalized spacial score (nSPS) is 17.4. The van der Waals surface area contributed by atoms with Crippen molar-refractivity contribution in [3.63, 3.8) is 0 Å². The lowest BCUT2D eigenvalue weighted by Gasteiger charge is -2.37. The van der Waals surface area contributed by atoms with E-state index in [1.54, 1.807) is 7.11 Å². The van der Waals surface area contributed by atoms with Gasteiger partial charge < -0.3 is 15.0 Å². The van der Waals surface area contributed by atoms with Gasteiger partial charge in [-0.3, -0.25) is 4.79 Å². The molecular weight excluding hydrogens is 382 g/mol. The maximum atomic E-state index is 13.4. The summed E-state index contributed by atoms with van der Waals surface area (Å²) in [6.45, 7) is 10.5. The zero-order valence-electron chi connectivity index (χ0n) is 16.5. The van der Waals surface area contributed by atoms with Crippen molar-refractivity contribution in [2.24, 2.45) is 0 Å². The largest absolute Gasteiger partial charge is 0.496 e. The molecular formula is C20H28ClN3O2S. The maximum Gasteiger partial charge on any atom is 0.266 e. The first-order chi connectivity index (χ1) is 12.3. The summed E-state index contributed by atoms with van der Waals surface area (Å²) in [7, 11) is 1.67. The first kappa shape index (κ1) is 21.7. The van der Waals surface area contributed by atoms with Crippen LogP contribution in [-0.2, 0) is 5.41 Å². The van der Waals surface area contributed by atoms with Crippen molar-refractivity contribution in [3.8, 4) is 5.75 Å². The number of carbonyl (C=O) groups is 1. The van der Waals surface area contributed by atoms with E-state index in [0.29, 0.717) is 6.54 Å². The van der Waals surface area contributed by atoms with Gasteiger partial charge in [-0.1, -0.05) is 39.0 Å². The van der Waals surface area contributed by atoms with Crippen LogP contribution in [0, 0.1) is 6.92 Å². The first-order valence-electron chi connectivity index (χ1n) is 8.95. The molecule has 2 heterocycles. The molecule has 1 atom stereocenters. The Balaban J connectivity index is 0.00000261. The van der Waals surface area contributed by atoms with Crippen molar-refractivity contribution < 1.29 is 9.53 Å². The van der Waals surface area contributed by atoms with Crippen molar-refractivity contribution in [2.75, 3.05) is 26.7 Å². The average molecular weight is 410 g/mol. The summed E-state index contributed by atoms with van der Waals surface area (Å²) in [5.74, 6) is 0.878. The number of amides is 1. The van der Waals surface area contributed by atoms with Crippen LogP contribution in [0.1, 0.15) is 52.7 Å². The molecule has 5 nitrogen and oxygen atoms in total. The molecule has 0 radical (unpaired) electrons. The summed E-state index contributed by atoms with van der Waals surface area (Å²) in [6, 6.07) is 7.88. The molecule has 0 bridgehead atoms. The van der Waals surface area contributed by atoms with Crippen LogP contribution in [0.2, 0.25) is 0 Å². The predicted molar refractivity (Wildman–Crippen MR) is 112 cm³/mol. The maximum absolute atomic E-state index is 13.4. The Labute approximate surface area is 171 Å². The Morgan fingerprint density at radius 2 is 2.04 bits per heavy atom. The van der Waals surface area contributed by atoms with Gasteiger partial charge in [0.25, 0.3) is 5.91 Å². The third kappa shape index (κ3) is 4.45. The van der Waals surface area contributed by atoms with Crippen LogP contribution in [-0.4, -0.2) is 42.5 Å². The van der Waals surface area contributed by atoms with E-state index in [9.17, 15) is 4.79 Å². The molecule has 1 unspecified atom stereocenters.